The van der Waals surface area contributed by atoms with Crippen molar-refractivity contribution in [1.29, 1.82) is 0 Å². The van der Waals surface area contributed by atoms with Gasteiger partial charge in [0.25, 0.3) is 0 Å². The molecule has 4 heteroatoms. The van der Waals surface area contributed by atoms with E-state index in [9.17, 15) is 4.79 Å². The molecule has 0 aromatic heterocycles. The largest absolute Gasteiger partial charge is 0.491 e. The number of nitrogens with zero attached hydrogens (tertiary/aromatic N) is 1. The molecule has 128 valence electrons. The highest BCUT2D eigenvalue weighted by Gasteiger charge is 2.14. The first-order valence-corrected chi connectivity index (χ1v) is 8.72. The van der Waals surface area contributed by atoms with E-state index in [2.05, 4.69) is 0 Å². The first-order valence-electron chi connectivity index (χ1n) is 8.72. The predicted molar refractivity (Wildman–Crippen MR) is 91.5 cm³/mol. The van der Waals surface area contributed by atoms with Crippen LogP contribution in [0.4, 0.5) is 0 Å². The lowest BCUT2D eigenvalue weighted by Gasteiger charge is -2.24. The van der Waals surface area contributed by atoms with Gasteiger partial charge in [0.2, 0.25) is 6.41 Å². The van der Waals surface area contributed by atoms with E-state index in [-0.39, 0.29) is 0 Å². The topological polar surface area (TPSA) is 38.8 Å². The normalized spacial score (nSPS) is 15.3. The molecule has 0 bridgehead atoms. The summed E-state index contributed by atoms with van der Waals surface area (Å²) in [6.07, 6.45) is 8.88. The summed E-state index contributed by atoms with van der Waals surface area (Å²) in [5, 5.41) is 0. The number of hydrogen-bond donors (Lipinski definition) is 0. The van der Waals surface area contributed by atoms with Gasteiger partial charge in [0, 0.05) is 20.2 Å². The molecule has 1 aromatic rings. The minimum absolute atomic E-state index is 0.553. The number of hydrogen-bond acceptors (Lipinski definition) is 3. The second-order valence-corrected chi connectivity index (χ2v) is 6.35. The molecule has 0 N–H and O–H groups in total. The molecule has 0 spiro atoms. The second-order valence-electron chi connectivity index (χ2n) is 6.35. The van der Waals surface area contributed by atoms with Gasteiger partial charge in [-0.05, 0) is 30.0 Å². The Labute approximate surface area is 139 Å². The molecule has 1 amide bonds. The number of methoxy groups -OCH3 is 1. The first-order chi connectivity index (χ1) is 11.3. The van der Waals surface area contributed by atoms with Gasteiger partial charge in [-0.2, -0.15) is 0 Å². The zero-order chi connectivity index (χ0) is 16.3. The average molecular weight is 319 g/mol. The van der Waals surface area contributed by atoms with Gasteiger partial charge < -0.3 is 14.4 Å². The molecule has 2 rings (SSSR count). The second kappa shape index (κ2) is 10.3. The monoisotopic (exact) mass is 319 g/mol. The summed E-state index contributed by atoms with van der Waals surface area (Å²) < 4.78 is 10.5. The number of amides is 1. The van der Waals surface area contributed by atoms with Gasteiger partial charge in [-0.25, -0.2) is 0 Å². The third kappa shape index (κ3) is 6.61. The molecule has 1 fully saturated rings. The summed E-state index contributed by atoms with van der Waals surface area (Å²) in [5.74, 6) is 1.65. The first kappa shape index (κ1) is 17.8. The molecule has 0 atom stereocenters. The zero-order valence-corrected chi connectivity index (χ0v) is 14.2. The number of rotatable bonds is 10. The molecule has 1 saturated carbocycles. The van der Waals surface area contributed by atoms with Crippen molar-refractivity contribution >= 4 is 6.41 Å². The maximum absolute atomic E-state index is 11.3. The molecule has 1 aliphatic carbocycles. The van der Waals surface area contributed by atoms with Crippen LogP contribution in [0.3, 0.4) is 0 Å². The number of ether oxygens (including phenoxy) is 2. The molecule has 0 unspecified atom stereocenters. The van der Waals surface area contributed by atoms with Crippen molar-refractivity contribution in [2.75, 3.05) is 26.9 Å². The van der Waals surface area contributed by atoms with Gasteiger partial charge in [0.15, 0.2) is 0 Å². The van der Waals surface area contributed by atoms with Gasteiger partial charge in [0.1, 0.15) is 12.4 Å². The van der Waals surface area contributed by atoms with Crippen LogP contribution in [0.2, 0.25) is 0 Å². The van der Waals surface area contributed by atoms with E-state index < -0.39 is 0 Å². The molecular weight excluding hydrogens is 290 g/mol. The summed E-state index contributed by atoms with van der Waals surface area (Å²) in [7, 11) is 1.66. The van der Waals surface area contributed by atoms with E-state index in [4.69, 9.17) is 9.47 Å². The number of carbonyl (C=O) groups excluding carboxylic acids is 1. The van der Waals surface area contributed by atoms with E-state index in [1.54, 1.807) is 7.11 Å². The van der Waals surface area contributed by atoms with E-state index in [1.165, 1.54) is 32.1 Å². The lowest BCUT2D eigenvalue weighted by molar-refractivity contribution is -0.118. The van der Waals surface area contributed by atoms with Crippen LogP contribution in [-0.2, 0) is 16.1 Å². The van der Waals surface area contributed by atoms with Gasteiger partial charge in [-0.15, -0.1) is 0 Å². The highest BCUT2D eigenvalue weighted by molar-refractivity contribution is 5.47. The Morgan fingerprint density at radius 2 is 1.87 bits per heavy atom. The van der Waals surface area contributed by atoms with Crippen LogP contribution in [0.15, 0.2) is 24.3 Å². The third-order valence-electron chi connectivity index (χ3n) is 4.56. The highest BCUT2D eigenvalue weighted by Crippen LogP contribution is 2.26. The fourth-order valence-corrected chi connectivity index (χ4v) is 3.16. The zero-order valence-electron chi connectivity index (χ0n) is 14.2. The molecule has 0 aliphatic heterocycles. The van der Waals surface area contributed by atoms with Crippen molar-refractivity contribution in [1.82, 2.24) is 4.90 Å². The van der Waals surface area contributed by atoms with Crippen LogP contribution in [0.25, 0.3) is 0 Å². The molecule has 4 nitrogen and oxygen atoms in total. The number of carbonyl (C=O) groups is 1. The van der Waals surface area contributed by atoms with Crippen molar-refractivity contribution in [3.63, 3.8) is 0 Å². The molecule has 23 heavy (non-hydrogen) atoms. The van der Waals surface area contributed by atoms with Gasteiger partial charge in [-0.3, -0.25) is 4.79 Å². The SMILES string of the molecule is COCCOc1ccc(CN(C=O)CCC2CCCCC2)cc1. The Kier molecular flexibility index (Phi) is 7.95. The van der Waals surface area contributed by atoms with Crippen molar-refractivity contribution in [3.05, 3.63) is 29.8 Å². The van der Waals surface area contributed by atoms with Crippen molar-refractivity contribution in [3.8, 4) is 5.75 Å². The van der Waals surface area contributed by atoms with Crippen LogP contribution in [0.1, 0.15) is 44.1 Å². The summed E-state index contributed by atoms with van der Waals surface area (Å²) in [4.78, 5) is 13.2. The van der Waals surface area contributed by atoms with E-state index in [0.717, 1.165) is 36.6 Å². The van der Waals surface area contributed by atoms with Crippen LogP contribution in [0, 0.1) is 5.92 Å². The van der Waals surface area contributed by atoms with Crippen LogP contribution in [-0.4, -0.2) is 38.2 Å². The predicted octanol–water partition coefficient (Wildman–Crippen LogP) is 3.64. The standard InChI is InChI=1S/C19H29NO3/c1-22-13-14-23-19-9-7-18(8-10-19)15-20(16-21)12-11-17-5-3-2-4-6-17/h7-10,16-17H,2-6,11-15H2,1H3. The van der Waals surface area contributed by atoms with Crippen LogP contribution in [0.5, 0.6) is 5.75 Å². The minimum atomic E-state index is 0.553. The number of benzene rings is 1. The summed E-state index contributed by atoms with van der Waals surface area (Å²) >= 11 is 0. The van der Waals surface area contributed by atoms with E-state index >= 15 is 0 Å². The Balaban J connectivity index is 1.75. The molecule has 0 radical (unpaired) electrons. The highest BCUT2D eigenvalue weighted by atomic mass is 16.5. The van der Waals surface area contributed by atoms with E-state index in [1.807, 2.05) is 29.2 Å². The molecular formula is C19H29NO3. The maximum Gasteiger partial charge on any atom is 0.210 e. The smallest absolute Gasteiger partial charge is 0.210 e. The summed E-state index contributed by atoms with van der Waals surface area (Å²) in [6, 6.07) is 7.96. The molecule has 1 aliphatic rings. The van der Waals surface area contributed by atoms with Crippen molar-refractivity contribution in [2.45, 2.75) is 45.1 Å². The third-order valence-corrected chi connectivity index (χ3v) is 4.56. The quantitative estimate of drug-likeness (QED) is 0.488. The van der Waals surface area contributed by atoms with Crippen molar-refractivity contribution in [2.24, 2.45) is 5.92 Å². The lowest BCUT2D eigenvalue weighted by atomic mass is 9.87. The molecule has 1 aromatic carbocycles. The fourth-order valence-electron chi connectivity index (χ4n) is 3.16. The van der Waals surface area contributed by atoms with Crippen LogP contribution < -0.4 is 4.74 Å². The maximum atomic E-state index is 11.3. The summed E-state index contributed by atoms with van der Waals surface area (Å²) in [6.45, 7) is 2.67. The molecule has 0 saturated heterocycles. The lowest BCUT2D eigenvalue weighted by Crippen LogP contribution is -2.25. The minimum Gasteiger partial charge on any atom is -0.491 e. The fraction of sp³-hybridized carbons (Fsp3) is 0.632. The van der Waals surface area contributed by atoms with Crippen molar-refractivity contribution < 1.29 is 14.3 Å². The van der Waals surface area contributed by atoms with E-state index in [0.29, 0.717) is 19.8 Å². The molecule has 0 heterocycles. The Hall–Kier alpha value is -1.55. The van der Waals surface area contributed by atoms with Gasteiger partial charge in [-0.1, -0.05) is 44.2 Å². The Morgan fingerprint density at radius 3 is 2.52 bits per heavy atom. The van der Waals surface area contributed by atoms with Gasteiger partial charge >= 0.3 is 0 Å². The average Bonchev–Trinajstić information content (AvgIpc) is 2.61. The Bertz CT molecular complexity index is 440. The summed E-state index contributed by atoms with van der Waals surface area (Å²) in [5.41, 5.74) is 1.14. The van der Waals surface area contributed by atoms with Gasteiger partial charge in [0.05, 0.1) is 6.61 Å². The Morgan fingerprint density at radius 1 is 1.13 bits per heavy atom. The van der Waals surface area contributed by atoms with Crippen LogP contribution >= 0.6 is 0 Å².